The summed E-state index contributed by atoms with van der Waals surface area (Å²) in [4.78, 5) is 6.91. The van der Waals surface area contributed by atoms with Gasteiger partial charge in [0.15, 0.2) is 0 Å². The third kappa shape index (κ3) is 3.22. The van der Waals surface area contributed by atoms with Crippen molar-refractivity contribution in [1.29, 1.82) is 0 Å². The molecule has 0 saturated carbocycles. The van der Waals surface area contributed by atoms with Crippen LogP contribution in [0.4, 0.5) is 10.1 Å². The maximum Gasteiger partial charge on any atom is 0.141 e. The lowest BCUT2D eigenvalue weighted by atomic mass is 10.3. The van der Waals surface area contributed by atoms with Crippen LogP contribution in [0.15, 0.2) is 23.2 Å². The number of rotatable bonds is 4. The van der Waals surface area contributed by atoms with Crippen molar-refractivity contribution < 1.29 is 4.39 Å². The summed E-state index contributed by atoms with van der Waals surface area (Å²) in [6, 6.07) is 4.62. The first kappa shape index (κ1) is 13.3. The highest BCUT2D eigenvalue weighted by Crippen LogP contribution is 2.24. The van der Waals surface area contributed by atoms with Gasteiger partial charge in [0, 0.05) is 19.5 Å². The van der Waals surface area contributed by atoms with Gasteiger partial charge < -0.3 is 4.90 Å². The van der Waals surface area contributed by atoms with Crippen molar-refractivity contribution in [2.45, 2.75) is 32.6 Å². The van der Waals surface area contributed by atoms with Crippen molar-refractivity contribution in [3.8, 4) is 0 Å². The highest BCUT2D eigenvalue weighted by Gasteiger charge is 2.17. The maximum atomic E-state index is 13.1. The zero-order valence-electron chi connectivity index (χ0n) is 10.6. The quantitative estimate of drug-likeness (QED) is 0.790. The zero-order chi connectivity index (χ0) is 13.0. The summed E-state index contributed by atoms with van der Waals surface area (Å²) in [7, 11) is 0. The maximum absolute atomic E-state index is 13.1. The van der Waals surface area contributed by atoms with Gasteiger partial charge in [-0.3, -0.25) is 0 Å². The largest absolute Gasteiger partial charge is 0.360 e. The average molecular weight is 269 g/mol. The molecule has 98 valence electrons. The molecule has 1 saturated heterocycles. The molecule has 0 radical (unpaired) electrons. The summed E-state index contributed by atoms with van der Waals surface area (Å²) in [6.07, 6.45) is 4.52. The molecule has 0 aromatic heterocycles. The Morgan fingerprint density at radius 3 is 3.00 bits per heavy atom. The number of hydrogen-bond acceptors (Lipinski definition) is 1. The fraction of sp³-hybridized carbons (Fsp3) is 0.500. The standard InChI is InChI=1S/C14H18ClFN2/c1-2-3-8-18-9-4-5-14(18)17-11-6-7-13(16)12(15)10-11/h6-7,10H,2-5,8-9H2,1H3. The minimum atomic E-state index is -0.394. The molecule has 1 aliphatic heterocycles. The van der Waals surface area contributed by atoms with E-state index in [1.807, 2.05) is 0 Å². The van der Waals surface area contributed by atoms with Crippen LogP contribution in [0, 0.1) is 5.82 Å². The second-order valence-electron chi connectivity index (χ2n) is 4.57. The molecule has 2 rings (SSSR count). The molecule has 18 heavy (non-hydrogen) atoms. The molecule has 4 heteroatoms. The van der Waals surface area contributed by atoms with E-state index < -0.39 is 5.82 Å². The number of amidine groups is 1. The lowest BCUT2D eigenvalue weighted by Crippen LogP contribution is -2.25. The first-order valence-corrected chi connectivity index (χ1v) is 6.86. The number of hydrogen-bond donors (Lipinski definition) is 0. The molecular weight excluding hydrogens is 251 g/mol. The van der Waals surface area contributed by atoms with Crippen molar-refractivity contribution >= 4 is 23.1 Å². The van der Waals surface area contributed by atoms with E-state index in [0.717, 1.165) is 37.5 Å². The van der Waals surface area contributed by atoms with Gasteiger partial charge in [-0.2, -0.15) is 0 Å². The molecular formula is C14H18ClFN2. The van der Waals surface area contributed by atoms with Crippen LogP contribution in [0.1, 0.15) is 32.6 Å². The Balaban J connectivity index is 2.13. The minimum Gasteiger partial charge on any atom is -0.360 e. The lowest BCUT2D eigenvalue weighted by molar-refractivity contribution is 0.440. The van der Waals surface area contributed by atoms with E-state index in [4.69, 9.17) is 11.6 Å². The average Bonchev–Trinajstić information content (AvgIpc) is 2.79. The highest BCUT2D eigenvalue weighted by molar-refractivity contribution is 6.31. The Bertz CT molecular complexity index is 445. The minimum absolute atomic E-state index is 0.134. The monoisotopic (exact) mass is 268 g/mol. The van der Waals surface area contributed by atoms with Gasteiger partial charge in [-0.05, 0) is 31.0 Å². The van der Waals surface area contributed by atoms with E-state index in [1.165, 1.54) is 18.9 Å². The van der Waals surface area contributed by atoms with Crippen molar-refractivity contribution in [2.24, 2.45) is 4.99 Å². The number of nitrogens with zero attached hydrogens (tertiary/aromatic N) is 2. The summed E-state index contributed by atoms with van der Waals surface area (Å²) in [5.41, 5.74) is 0.736. The molecule has 1 aromatic rings. The van der Waals surface area contributed by atoms with E-state index in [-0.39, 0.29) is 5.02 Å². The fourth-order valence-corrected chi connectivity index (χ4v) is 2.31. The van der Waals surface area contributed by atoms with Gasteiger partial charge in [0.05, 0.1) is 10.7 Å². The van der Waals surface area contributed by atoms with Crippen LogP contribution in [0.3, 0.4) is 0 Å². The van der Waals surface area contributed by atoms with Crippen molar-refractivity contribution in [3.63, 3.8) is 0 Å². The predicted octanol–water partition coefficient (Wildman–Crippen LogP) is 4.41. The summed E-state index contributed by atoms with van der Waals surface area (Å²) in [5.74, 6) is 0.709. The number of aliphatic imine (C=N–C) groups is 1. The van der Waals surface area contributed by atoms with Gasteiger partial charge in [0.2, 0.25) is 0 Å². The number of unbranched alkanes of at least 4 members (excludes halogenated alkanes) is 1. The third-order valence-corrected chi connectivity index (χ3v) is 3.43. The Morgan fingerprint density at radius 1 is 1.44 bits per heavy atom. The number of benzene rings is 1. The van der Waals surface area contributed by atoms with Crippen molar-refractivity contribution in [1.82, 2.24) is 4.90 Å². The second-order valence-corrected chi connectivity index (χ2v) is 4.98. The van der Waals surface area contributed by atoms with Crippen LogP contribution in [-0.4, -0.2) is 23.8 Å². The van der Waals surface area contributed by atoms with Crippen LogP contribution in [-0.2, 0) is 0 Å². The normalized spacial score (nSPS) is 17.7. The van der Waals surface area contributed by atoms with Crippen molar-refractivity contribution in [3.05, 3.63) is 29.0 Å². The smallest absolute Gasteiger partial charge is 0.141 e. The van der Waals surface area contributed by atoms with Crippen LogP contribution in [0.2, 0.25) is 5.02 Å². The number of likely N-dealkylation sites (tertiary alicyclic amines) is 1. The van der Waals surface area contributed by atoms with E-state index in [9.17, 15) is 4.39 Å². The predicted molar refractivity (Wildman–Crippen MR) is 74.2 cm³/mol. The Kier molecular flexibility index (Phi) is 4.59. The summed E-state index contributed by atoms with van der Waals surface area (Å²) < 4.78 is 13.1. The number of halogens is 2. The first-order chi connectivity index (χ1) is 8.70. The molecule has 0 N–H and O–H groups in total. The van der Waals surface area contributed by atoms with Gasteiger partial charge in [0.1, 0.15) is 11.7 Å². The molecule has 2 nitrogen and oxygen atoms in total. The van der Waals surface area contributed by atoms with Gasteiger partial charge in [-0.15, -0.1) is 0 Å². The van der Waals surface area contributed by atoms with Gasteiger partial charge >= 0.3 is 0 Å². The summed E-state index contributed by atoms with van der Waals surface area (Å²) >= 11 is 5.76. The lowest BCUT2D eigenvalue weighted by Gasteiger charge is -2.18. The molecule has 0 bridgehead atoms. The Morgan fingerprint density at radius 2 is 2.28 bits per heavy atom. The van der Waals surface area contributed by atoms with Crippen LogP contribution in [0.25, 0.3) is 0 Å². The second kappa shape index (κ2) is 6.19. The molecule has 0 atom stereocenters. The Labute approximate surface area is 112 Å². The molecule has 0 aliphatic carbocycles. The van der Waals surface area contributed by atoms with Gasteiger partial charge in [-0.25, -0.2) is 9.38 Å². The van der Waals surface area contributed by atoms with Crippen molar-refractivity contribution in [2.75, 3.05) is 13.1 Å². The first-order valence-electron chi connectivity index (χ1n) is 6.48. The van der Waals surface area contributed by atoms with Crippen LogP contribution < -0.4 is 0 Å². The van der Waals surface area contributed by atoms with E-state index in [2.05, 4.69) is 16.8 Å². The summed E-state index contributed by atoms with van der Waals surface area (Å²) in [6.45, 7) is 4.32. The molecule has 1 aromatic carbocycles. The fourth-order valence-electron chi connectivity index (χ4n) is 2.14. The third-order valence-electron chi connectivity index (χ3n) is 3.14. The van der Waals surface area contributed by atoms with E-state index in [1.54, 1.807) is 12.1 Å². The molecule has 0 spiro atoms. The topological polar surface area (TPSA) is 15.6 Å². The van der Waals surface area contributed by atoms with E-state index >= 15 is 0 Å². The zero-order valence-corrected chi connectivity index (χ0v) is 11.4. The Hall–Kier alpha value is -1.09. The van der Waals surface area contributed by atoms with Crippen LogP contribution >= 0.6 is 11.6 Å². The SMILES string of the molecule is CCCCN1CCCC1=Nc1ccc(F)c(Cl)c1. The molecule has 1 aliphatic rings. The van der Waals surface area contributed by atoms with E-state index in [0.29, 0.717) is 0 Å². The highest BCUT2D eigenvalue weighted by atomic mass is 35.5. The molecule has 1 fully saturated rings. The van der Waals surface area contributed by atoms with Gasteiger partial charge in [0.25, 0.3) is 0 Å². The molecule has 0 amide bonds. The van der Waals surface area contributed by atoms with Gasteiger partial charge in [-0.1, -0.05) is 24.9 Å². The van der Waals surface area contributed by atoms with Crippen LogP contribution in [0.5, 0.6) is 0 Å². The summed E-state index contributed by atoms with van der Waals surface area (Å²) in [5, 5.41) is 0.134. The molecule has 1 heterocycles. The molecule has 0 unspecified atom stereocenters.